The smallest absolute Gasteiger partial charge is 0.342 e. The topological polar surface area (TPSA) is 74.1 Å². The lowest BCUT2D eigenvalue weighted by molar-refractivity contribution is 0.0319. The number of para-hydroxylation sites is 1. The fourth-order valence-electron chi connectivity index (χ4n) is 3.07. The first-order valence-corrected chi connectivity index (χ1v) is 9.49. The average Bonchev–Trinajstić information content (AvgIpc) is 3.26. The second kappa shape index (κ2) is 8.53. The predicted octanol–water partition coefficient (Wildman–Crippen LogP) is 4.36. The minimum absolute atomic E-state index is 0.262. The molecule has 0 saturated carbocycles. The molecule has 1 atom stereocenters. The van der Waals surface area contributed by atoms with Crippen LogP contribution in [0.5, 0.6) is 0 Å². The van der Waals surface area contributed by atoms with E-state index in [4.69, 9.17) is 4.74 Å². The number of esters is 1. The first-order valence-electron chi connectivity index (χ1n) is 9.49. The molecule has 0 fully saturated rings. The van der Waals surface area contributed by atoms with Crippen molar-refractivity contribution >= 4 is 11.8 Å². The van der Waals surface area contributed by atoms with Crippen molar-refractivity contribution in [3.63, 3.8) is 0 Å². The molecule has 4 aromatic rings. The molecule has 6 heteroatoms. The second-order valence-corrected chi connectivity index (χ2v) is 6.69. The molecule has 148 valence electrons. The van der Waals surface area contributed by atoms with Crippen LogP contribution in [0.4, 0.5) is 0 Å². The Bertz CT molecular complexity index is 1160. The summed E-state index contributed by atoms with van der Waals surface area (Å²) in [4.78, 5) is 29.7. The number of carbonyl (C=O) groups is 2. The van der Waals surface area contributed by atoms with Crippen molar-refractivity contribution in [2.75, 3.05) is 0 Å². The van der Waals surface area contributed by atoms with Gasteiger partial charge in [-0.1, -0.05) is 48.5 Å². The van der Waals surface area contributed by atoms with E-state index >= 15 is 0 Å². The van der Waals surface area contributed by atoms with Gasteiger partial charge < -0.3 is 4.74 Å². The Morgan fingerprint density at radius 1 is 0.933 bits per heavy atom. The summed E-state index contributed by atoms with van der Waals surface area (Å²) >= 11 is 0. The third-order valence-corrected chi connectivity index (χ3v) is 4.60. The summed E-state index contributed by atoms with van der Waals surface area (Å²) in [5.41, 5.74) is 2.68. The summed E-state index contributed by atoms with van der Waals surface area (Å²) in [5.74, 6) is -0.879. The molecular formula is C24H19N3O3. The van der Waals surface area contributed by atoms with Crippen molar-refractivity contribution < 1.29 is 14.3 Å². The van der Waals surface area contributed by atoms with E-state index in [1.807, 2.05) is 42.5 Å². The molecule has 0 aliphatic carbocycles. The highest BCUT2D eigenvalue weighted by atomic mass is 16.5. The lowest BCUT2D eigenvalue weighted by atomic mass is 10.1. The van der Waals surface area contributed by atoms with Gasteiger partial charge in [-0.05, 0) is 31.2 Å². The van der Waals surface area contributed by atoms with Gasteiger partial charge in [0, 0.05) is 29.7 Å². The van der Waals surface area contributed by atoms with Crippen molar-refractivity contribution in [1.29, 1.82) is 0 Å². The second-order valence-electron chi connectivity index (χ2n) is 6.69. The third-order valence-electron chi connectivity index (χ3n) is 4.60. The van der Waals surface area contributed by atoms with Crippen LogP contribution in [0.15, 0.2) is 91.4 Å². The predicted molar refractivity (Wildman–Crippen MR) is 112 cm³/mol. The van der Waals surface area contributed by atoms with Crippen molar-refractivity contribution in [1.82, 2.24) is 14.8 Å². The number of Topliss-reactive ketones (excluding diaryl/α,β-unsaturated/α-hetero) is 1. The Labute approximate surface area is 173 Å². The number of aromatic nitrogens is 3. The largest absolute Gasteiger partial charge is 0.451 e. The van der Waals surface area contributed by atoms with Crippen LogP contribution in [0.2, 0.25) is 0 Å². The quantitative estimate of drug-likeness (QED) is 0.357. The zero-order chi connectivity index (χ0) is 20.9. The molecule has 4 rings (SSSR count). The number of hydrogen-bond acceptors (Lipinski definition) is 5. The van der Waals surface area contributed by atoms with Gasteiger partial charge >= 0.3 is 5.97 Å². The van der Waals surface area contributed by atoms with Gasteiger partial charge in [0.15, 0.2) is 6.10 Å². The van der Waals surface area contributed by atoms with E-state index < -0.39 is 12.1 Å². The van der Waals surface area contributed by atoms with Crippen LogP contribution in [0.25, 0.3) is 16.9 Å². The number of benzene rings is 2. The Balaban J connectivity index is 1.66. The summed E-state index contributed by atoms with van der Waals surface area (Å²) < 4.78 is 7.12. The fourth-order valence-corrected chi connectivity index (χ4v) is 3.07. The van der Waals surface area contributed by atoms with Crippen LogP contribution in [0.1, 0.15) is 27.6 Å². The van der Waals surface area contributed by atoms with Gasteiger partial charge in [0.2, 0.25) is 5.78 Å². The highest BCUT2D eigenvalue weighted by molar-refractivity contribution is 6.02. The van der Waals surface area contributed by atoms with Crippen LogP contribution in [0.3, 0.4) is 0 Å². The average molecular weight is 397 g/mol. The molecule has 0 aliphatic rings. The van der Waals surface area contributed by atoms with Gasteiger partial charge in [-0.2, -0.15) is 5.10 Å². The number of rotatable bonds is 6. The van der Waals surface area contributed by atoms with Crippen molar-refractivity contribution in [3.8, 4) is 16.9 Å². The minimum atomic E-state index is -0.929. The van der Waals surface area contributed by atoms with E-state index in [-0.39, 0.29) is 11.3 Å². The molecule has 1 unspecified atom stereocenters. The minimum Gasteiger partial charge on any atom is -0.451 e. The van der Waals surface area contributed by atoms with Gasteiger partial charge in [0.1, 0.15) is 11.3 Å². The van der Waals surface area contributed by atoms with E-state index in [1.54, 1.807) is 60.5 Å². The summed E-state index contributed by atoms with van der Waals surface area (Å²) in [6.07, 6.45) is 3.96. The highest BCUT2D eigenvalue weighted by Crippen LogP contribution is 2.24. The molecule has 0 saturated heterocycles. The van der Waals surface area contributed by atoms with Gasteiger partial charge in [0.25, 0.3) is 0 Å². The first kappa shape index (κ1) is 19.3. The summed E-state index contributed by atoms with van der Waals surface area (Å²) in [7, 11) is 0. The van der Waals surface area contributed by atoms with E-state index in [0.717, 1.165) is 5.69 Å². The molecule has 6 nitrogen and oxygen atoms in total. The number of nitrogens with zero attached hydrogens (tertiary/aromatic N) is 3. The van der Waals surface area contributed by atoms with E-state index in [1.165, 1.54) is 0 Å². The first-order chi connectivity index (χ1) is 14.6. The van der Waals surface area contributed by atoms with Gasteiger partial charge in [-0.25, -0.2) is 9.48 Å². The number of pyridine rings is 1. The van der Waals surface area contributed by atoms with Crippen LogP contribution < -0.4 is 0 Å². The maximum atomic E-state index is 13.0. The Kier molecular flexibility index (Phi) is 5.48. The molecule has 0 aliphatic heterocycles. The van der Waals surface area contributed by atoms with Gasteiger partial charge in [-0.3, -0.25) is 9.78 Å². The molecule has 0 radical (unpaired) electrons. The fraction of sp³-hybridized carbons (Fsp3) is 0.0833. The van der Waals surface area contributed by atoms with Crippen LogP contribution in [0, 0.1) is 0 Å². The molecule has 2 aromatic heterocycles. The van der Waals surface area contributed by atoms with Crippen molar-refractivity contribution in [2.45, 2.75) is 13.0 Å². The Hall–Kier alpha value is -4.06. The summed E-state index contributed by atoms with van der Waals surface area (Å²) in [5, 5.41) is 4.57. The van der Waals surface area contributed by atoms with Crippen LogP contribution in [-0.2, 0) is 4.74 Å². The lowest BCUT2D eigenvalue weighted by Crippen LogP contribution is -2.24. The maximum absolute atomic E-state index is 13.0. The number of ether oxygens (including phenoxy) is 1. The number of hydrogen-bond donors (Lipinski definition) is 0. The number of carbonyl (C=O) groups excluding carboxylic acids is 2. The van der Waals surface area contributed by atoms with Gasteiger partial charge in [-0.15, -0.1) is 0 Å². The summed E-state index contributed by atoms with van der Waals surface area (Å²) in [6, 6.07) is 21.8. The lowest BCUT2D eigenvalue weighted by Gasteiger charge is -2.12. The normalized spacial score (nSPS) is 11.6. The van der Waals surface area contributed by atoms with Crippen LogP contribution >= 0.6 is 0 Å². The molecule has 30 heavy (non-hydrogen) atoms. The number of ketones is 1. The zero-order valence-corrected chi connectivity index (χ0v) is 16.3. The monoisotopic (exact) mass is 397 g/mol. The Morgan fingerprint density at radius 3 is 2.30 bits per heavy atom. The standard InChI is InChI=1S/C24H19N3O3/c1-17(23(28)18-9-4-2-5-10-18)30-24(29)21-16-27(20-12-6-3-7-13-20)26-22(21)19-11-8-14-25-15-19/h2-17H,1H3. The molecule has 0 N–H and O–H groups in total. The molecule has 0 amide bonds. The molecular weight excluding hydrogens is 378 g/mol. The van der Waals surface area contributed by atoms with Crippen LogP contribution in [-0.4, -0.2) is 32.6 Å². The van der Waals surface area contributed by atoms with E-state index in [9.17, 15) is 9.59 Å². The SMILES string of the molecule is CC(OC(=O)c1cn(-c2ccccc2)nc1-c1cccnc1)C(=O)c1ccccc1. The van der Waals surface area contributed by atoms with Crippen molar-refractivity contribution in [3.05, 3.63) is 103 Å². The third kappa shape index (κ3) is 4.03. The molecule has 0 spiro atoms. The van der Waals surface area contributed by atoms with Crippen molar-refractivity contribution in [2.24, 2.45) is 0 Å². The van der Waals surface area contributed by atoms with E-state index in [2.05, 4.69) is 10.1 Å². The maximum Gasteiger partial charge on any atom is 0.342 e. The summed E-state index contributed by atoms with van der Waals surface area (Å²) in [6.45, 7) is 1.57. The highest BCUT2D eigenvalue weighted by Gasteiger charge is 2.25. The van der Waals surface area contributed by atoms with E-state index in [0.29, 0.717) is 16.8 Å². The zero-order valence-electron chi connectivity index (χ0n) is 16.3. The van der Waals surface area contributed by atoms with Gasteiger partial charge in [0.05, 0.1) is 5.69 Å². The molecule has 2 aromatic carbocycles. The Morgan fingerprint density at radius 2 is 1.63 bits per heavy atom. The molecule has 0 bridgehead atoms. The molecule has 2 heterocycles.